The predicted octanol–water partition coefficient (Wildman–Crippen LogP) is 2.28. The second-order valence-corrected chi connectivity index (χ2v) is 7.54. The molecule has 1 aliphatic rings. The molecule has 6 heteroatoms. The van der Waals surface area contributed by atoms with Crippen LogP contribution in [0.25, 0.3) is 0 Å². The van der Waals surface area contributed by atoms with Crippen molar-refractivity contribution in [2.75, 3.05) is 13.2 Å². The van der Waals surface area contributed by atoms with Crippen LogP contribution >= 0.6 is 0 Å². The summed E-state index contributed by atoms with van der Waals surface area (Å²) in [7, 11) is 0. The Bertz CT molecular complexity index is 517. The minimum Gasteiger partial charge on any atom is -0.395 e. The summed E-state index contributed by atoms with van der Waals surface area (Å²) in [5.74, 6) is -0.504. The summed E-state index contributed by atoms with van der Waals surface area (Å²) in [6.07, 6.45) is 12.7. The van der Waals surface area contributed by atoms with E-state index in [0.29, 0.717) is 25.7 Å². The minimum atomic E-state index is -0.680. The van der Waals surface area contributed by atoms with Crippen molar-refractivity contribution in [3.8, 4) is 0 Å². The third-order valence-corrected chi connectivity index (χ3v) is 5.16. The summed E-state index contributed by atoms with van der Waals surface area (Å²) < 4.78 is 0. The van der Waals surface area contributed by atoms with Crippen molar-refractivity contribution in [3.05, 3.63) is 24.3 Å². The molecule has 1 aliphatic carbocycles. The van der Waals surface area contributed by atoms with Crippen molar-refractivity contribution >= 4 is 11.7 Å². The van der Waals surface area contributed by atoms with Gasteiger partial charge < -0.3 is 20.6 Å². The molecule has 0 aliphatic heterocycles. The maximum atomic E-state index is 12.2. The van der Waals surface area contributed by atoms with E-state index in [1.54, 1.807) is 6.08 Å². The van der Waals surface area contributed by atoms with Crippen molar-refractivity contribution in [2.45, 2.75) is 76.9 Å². The van der Waals surface area contributed by atoms with Crippen LogP contribution in [0.15, 0.2) is 24.3 Å². The summed E-state index contributed by atoms with van der Waals surface area (Å²) in [5.41, 5.74) is 0. The first-order valence-electron chi connectivity index (χ1n) is 10.6. The number of carbonyl (C=O) groups excluding carboxylic acids is 2. The number of nitrogens with one attached hydrogen (secondary N) is 1. The Morgan fingerprint density at radius 3 is 2.79 bits per heavy atom. The van der Waals surface area contributed by atoms with E-state index in [1.165, 1.54) is 0 Å². The molecule has 1 fully saturated rings. The van der Waals surface area contributed by atoms with Gasteiger partial charge in [0.05, 0.1) is 18.8 Å². The second kappa shape index (κ2) is 14.5. The molecule has 4 atom stereocenters. The van der Waals surface area contributed by atoms with Crippen LogP contribution in [0.3, 0.4) is 0 Å². The van der Waals surface area contributed by atoms with Crippen LogP contribution in [0.5, 0.6) is 0 Å². The fourth-order valence-electron chi connectivity index (χ4n) is 3.51. The zero-order valence-corrected chi connectivity index (χ0v) is 17.1. The number of Topliss-reactive ketones (excluding diaryl/α,β-unsaturated/α-hetero) is 1. The van der Waals surface area contributed by atoms with E-state index >= 15 is 0 Å². The topological polar surface area (TPSA) is 107 Å². The average Bonchev–Trinajstić information content (AvgIpc) is 2.94. The van der Waals surface area contributed by atoms with Gasteiger partial charge in [0.1, 0.15) is 5.78 Å². The number of aliphatic hydroxyl groups is 3. The molecule has 0 aromatic carbocycles. The van der Waals surface area contributed by atoms with Crippen molar-refractivity contribution < 1.29 is 24.9 Å². The van der Waals surface area contributed by atoms with Crippen LogP contribution in [0.4, 0.5) is 0 Å². The lowest BCUT2D eigenvalue weighted by atomic mass is 9.90. The molecule has 0 heterocycles. The van der Waals surface area contributed by atoms with E-state index < -0.39 is 12.2 Å². The Morgan fingerprint density at radius 1 is 1.29 bits per heavy atom. The Labute approximate surface area is 168 Å². The number of allylic oxidation sites excluding steroid dienone is 2. The van der Waals surface area contributed by atoms with Gasteiger partial charge in [0.2, 0.25) is 5.91 Å². The van der Waals surface area contributed by atoms with Crippen LogP contribution in [0.2, 0.25) is 0 Å². The molecule has 0 unspecified atom stereocenters. The molecule has 1 amide bonds. The molecule has 0 radical (unpaired) electrons. The normalized spacial score (nSPS) is 23.7. The summed E-state index contributed by atoms with van der Waals surface area (Å²) in [5, 5.41) is 31.5. The number of ketones is 1. The van der Waals surface area contributed by atoms with Crippen molar-refractivity contribution in [1.82, 2.24) is 5.32 Å². The van der Waals surface area contributed by atoms with Gasteiger partial charge in [-0.3, -0.25) is 9.59 Å². The first-order chi connectivity index (χ1) is 13.5. The van der Waals surface area contributed by atoms with E-state index in [-0.39, 0.29) is 43.1 Å². The Hall–Kier alpha value is -1.50. The maximum absolute atomic E-state index is 12.2. The van der Waals surface area contributed by atoms with Crippen LogP contribution in [-0.2, 0) is 9.59 Å². The largest absolute Gasteiger partial charge is 0.395 e. The molecule has 6 nitrogen and oxygen atoms in total. The Balaban J connectivity index is 2.40. The predicted molar refractivity (Wildman–Crippen MR) is 110 cm³/mol. The SMILES string of the molecule is CCCCC[C@H](O)/C=C/[C@H]1[C@H](O)CC(=O)[C@@H]1C/C=C\CCCC(=O)NCCO. The molecular formula is C22H37NO5. The van der Waals surface area contributed by atoms with Crippen molar-refractivity contribution in [2.24, 2.45) is 11.8 Å². The summed E-state index contributed by atoms with van der Waals surface area (Å²) in [4.78, 5) is 23.6. The second-order valence-electron chi connectivity index (χ2n) is 7.54. The van der Waals surface area contributed by atoms with Gasteiger partial charge in [-0.2, -0.15) is 0 Å². The summed E-state index contributed by atoms with van der Waals surface area (Å²) in [6.45, 7) is 2.34. The van der Waals surface area contributed by atoms with Gasteiger partial charge in [-0.15, -0.1) is 0 Å². The van der Waals surface area contributed by atoms with Crippen LogP contribution in [0.1, 0.15) is 64.7 Å². The lowest BCUT2D eigenvalue weighted by Crippen LogP contribution is -2.25. The third-order valence-electron chi connectivity index (χ3n) is 5.16. The molecule has 160 valence electrons. The Morgan fingerprint density at radius 2 is 2.07 bits per heavy atom. The highest BCUT2D eigenvalue weighted by atomic mass is 16.3. The number of hydrogen-bond acceptors (Lipinski definition) is 5. The molecule has 0 saturated heterocycles. The van der Waals surface area contributed by atoms with E-state index in [4.69, 9.17) is 5.11 Å². The number of hydrogen-bond donors (Lipinski definition) is 4. The molecule has 28 heavy (non-hydrogen) atoms. The van der Waals surface area contributed by atoms with Gasteiger partial charge in [-0.05, 0) is 25.7 Å². The quantitative estimate of drug-likeness (QED) is 0.267. The molecule has 1 rings (SSSR count). The van der Waals surface area contributed by atoms with Gasteiger partial charge in [-0.1, -0.05) is 50.5 Å². The van der Waals surface area contributed by atoms with E-state index in [2.05, 4.69) is 12.2 Å². The monoisotopic (exact) mass is 395 g/mol. The molecule has 0 bridgehead atoms. The van der Waals surface area contributed by atoms with Gasteiger partial charge in [-0.25, -0.2) is 0 Å². The van der Waals surface area contributed by atoms with Gasteiger partial charge in [0.15, 0.2) is 0 Å². The van der Waals surface area contributed by atoms with Gasteiger partial charge in [0, 0.05) is 31.2 Å². The zero-order valence-electron chi connectivity index (χ0n) is 17.1. The molecule has 0 aromatic heterocycles. The van der Waals surface area contributed by atoms with Crippen molar-refractivity contribution in [3.63, 3.8) is 0 Å². The Kier molecular flexibility index (Phi) is 12.7. The van der Waals surface area contributed by atoms with Crippen molar-refractivity contribution in [1.29, 1.82) is 0 Å². The maximum Gasteiger partial charge on any atom is 0.220 e. The molecular weight excluding hydrogens is 358 g/mol. The first kappa shape index (κ1) is 24.5. The molecule has 1 saturated carbocycles. The van der Waals surface area contributed by atoms with Crippen LogP contribution < -0.4 is 5.32 Å². The van der Waals surface area contributed by atoms with Gasteiger partial charge >= 0.3 is 0 Å². The fraction of sp³-hybridized carbons (Fsp3) is 0.727. The van der Waals surface area contributed by atoms with E-state index in [0.717, 1.165) is 25.7 Å². The average molecular weight is 396 g/mol. The highest BCUT2D eigenvalue weighted by Crippen LogP contribution is 2.33. The fourth-order valence-corrected chi connectivity index (χ4v) is 3.51. The number of rotatable bonds is 14. The smallest absolute Gasteiger partial charge is 0.220 e. The number of unbranched alkanes of at least 4 members (excludes halogenated alkanes) is 3. The molecule has 0 spiro atoms. The summed E-state index contributed by atoms with van der Waals surface area (Å²) in [6, 6.07) is 0. The first-order valence-corrected chi connectivity index (χ1v) is 10.6. The number of amides is 1. The van der Waals surface area contributed by atoms with E-state index in [1.807, 2.05) is 18.2 Å². The lowest BCUT2D eigenvalue weighted by molar-refractivity contribution is -0.122. The van der Waals surface area contributed by atoms with Gasteiger partial charge in [0.25, 0.3) is 0 Å². The summed E-state index contributed by atoms with van der Waals surface area (Å²) >= 11 is 0. The zero-order chi connectivity index (χ0) is 20.8. The number of aliphatic hydroxyl groups excluding tert-OH is 3. The minimum absolute atomic E-state index is 0.0573. The third kappa shape index (κ3) is 9.62. The lowest BCUT2D eigenvalue weighted by Gasteiger charge is -2.16. The molecule has 0 aromatic rings. The van der Waals surface area contributed by atoms with Crippen LogP contribution in [0, 0.1) is 11.8 Å². The van der Waals surface area contributed by atoms with Crippen LogP contribution in [-0.4, -0.2) is 52.4 Å². The highest BCUT2D eigenvalue weighted by molar-refractivity contribution is 5.84. The molecule has 4 N–H and O–H groups in total. The standard InChI is InChI=1S/C22H37NO5/c1-2-3-6-9-17(25)12-13-19-18(20(26)16-21(19)27)10-7-4-5-8-11-22(28)23-14-15-24/h4,7,12-13,17-19,21,24-25,27H,2-3,5-6,8-11,14-16H2,1H3,(H,23,28)/b7-4-,13-12+/t17-,18+,19+,21+/m0/s1. The highest BCUT2D eigenvalue weighted by Gasteiger charge is 2.39. The van der Waals surface area contributed by atoms with E-state index in [9.17, 15) is 19.8 Å². The number of carbonyl (C=O) groups is 2.